The van der Waals surface area contributed by atoms with Crippen molar-refractivity contribution in [2.24, 2.45) is 17.2 Å². The minimum atomic E-state index is -1.36. The van der Waals surface area contributed by atoms with E-state index in [0.29, 0.717) is 30.5 Å². The van der Waals surface area contributed by atoms with Gasteiger partial charge in [-0.2, -0.15) is 0 Å². The number of carbonyl (C=O) groups excluding carboxylic acids is 5. The Morgan fingerprint density at radius 2 is 1.06 bits per heavy atom. The number of phenols is 2. The van der Waals surface area contributed by atoms with Gasteiger partial charge in [0.25, 0.3) is 0 Å². The quantitative estimate of drug-likeness (QED) is 0.0713. The summed E-state index contributed by atoms with van der Waals surface area (Å²) in [7, 11) is 0. The van der Waals surface area contributed by atoms with Crippen molar-refractivity contribution in [3.63, 3.8) is 0 Å². The van der Waals surface area contributed by atoms with E-state index in [0.717, 1.165) is 0 Å². The number of unbranched alkanes of at least 4 members (excludes halogenated alkanes) is 1. The monoisotopic (exact) mass is 657 g/mol. The van der Waals surface area contributed by atoms with E-state index in [2.05, 4.69) is 21.3 Å². The third-order valence-electron chi connectivity index (χ3n) is 7.11. The highest BCUT2D eigenvalue weighted by Crippen LogP contribution is 2.14. The molecule has 4 unspecified atom stereocenters. The second-order valence-corrected chi connectivity index (χ2v) is 10.9. The van der Waals surface area contributed by atoms with Crippen molar-refractivity contribution in [3.8, 4) is 11.5 Å². The molecule has 16 nitrogen and oxygen atoms in total. The molecule has 2 aromatic carbocycles. The summed E-state index contributed by atoms with van der Waals surface area (Å²) in [6.07, 6.45) is 0.313. The lowest BCUT2D eigenvalue weighted by atomic mass is 10.0. The molecule has 47 heavy (non-hydrogen) atoms. The molecule has 0 spiro atoms. The van der Waals surface area contributed by atoms with Gasteiger partial charge in [0.05, 0.1) is 6.54 Å². The molecule has 0 aliphatic rings. The number of aromatic hydroxyl groups is 2. The predicted octanol–water partition coefficient (Wildman–Crippen LogP) is -1.74. The molecular formula is C31H43N7O9. The van der Waals surface area contributed by atoms with Crippen LogP contribution in [0, 0.1) is 0 Å². The highest BCUT2D eigenvalue weighted by Gasteiger charge is 2.31. The molecule has 5 amide bonds. The van der Waals surface area contributed by atoms with E-state index < -0.39 is 72.6 Å². The minimum Gasteiger partial charge on any atom is -0.508 e. The lowest BCUT2D eigenvalue weighted by molar-refractivity contribution is -0.138. The lowest BCUT2D eigenvalue weighted by Gasteiger charge is -2.26. The van der Waals surface area contributed by atoms with Gasteiger partial charge < -0.3 is 53.8 Å². The van der Waals surface area contributed by atoms with Crippen LogP contribution >= 0.6 is 0 Å². The summed E-state index contributed by atoms with van der Waals surface area (Å²) in [6, 6.07) is 6.59. The zero-order chi connectivity index (χ0) is 34.9. The highest BCUT2D eigenvalue weighted by atomic mass is 16.4. The fourth-order valence-electron chi connectivity index (χ4n) is 4.54. The first-order chi connectivity index (χ1) is 22.3. The average molecular weight is 658 g/mol. The van der Waals surface area contributed by atoms with E-state index in [4.69, 9.17) is 22.3 Å². The van der Waals surface area contributed by atoms with Gasteiger partial charge in [-0.1, -0.05) is 24.3 Å². The second kappa shape index (κ2) is 19.3. The van der Waals surface area contributed by atoms with Crippen molar-refractivity contribution in [1.82, 2.24) is 21.3 Å². The molecule has 0 fully saturated rings. The molecule has 0 aromatic heterocycles. The molecule has 13 N–H and O–H groups in total. The maximum absolute atomic E-state index is 13.8. The molecule has 0 heterocycles. The Balaban J connectivity index is 2.40. The van der Waals surface area contributed by atoms with E-state index in [-0.39, 0.29) is 37.2 Å². The topological polar surface area (TPSA) is 289 Å². The molecule has 0 aliphatic carbocycles. The molecule has 0 saturated heterocycles. The smallest absolute Gasteiger partial charge is 0.303 e. The Hall–Kier alpha value is -5.22. The molecule has 4 atom stereocenters. The molecular weight excluding hydrogens is 614 g/mol. The first-order valence-electron chi connectivity index (χ1n) is 15.0. The van der Waals surface area contributed by atoms with Gasteiger partial charge in [0, 0.05) is 19.3 Å². The number of hydrogen-bond acceptors (Lipinski definition) is 10. The number of nitrogens with one attached hydrogen (secondary N) is 4. The predicted molar refractivity (Wildman–Crippen MR) is 169 cm³/mol. The number of phenolic OH excluding ortho intramolecular Hbond substituents is 2. The van der Waals surface area contributed by atoms with E-state index in [1.165, 1.54) is 48.5 Å². The first-order valence-corrected chi connectivity index (χ1v) is 15.0. The van der Waals surface area contributed by atoms with Crippen LogP contribution in [-0.2, 0) is 41.6 Å². The average Bonchev–Trinajstić information content (AvgIpc) is 3.03. The van der Waals surface area contributed by atoms with E-state index in [9.17, 15) is 39.0 Å². The Kier molecular flexibility index (Phi) is 15.6. The van der Waals surface area contributed by atoms with Crippen LogP contribution < -0.4 is 38.5 Å². The molecule has 0 saturated carbocycles. The molecule has 16 heteroatoms. The van der Waals surface area contributed by atoms with E-state index >= 15 is 0 Å². The fourth-order valence-corrected chi connectivity index (χ4v) is 4.54. The van der Waals surface area contributed by atoms with Gasteiger partial charge in [-0.3, -0.25) is 28.8 Å². The summed E-state index contributed by atoms with van der Waals surface area (Å²) in [4.78, 5) is 75.9. The molecule has 2 aromatic rings. The summed E-state index contributed by atoms with van der Waals surface area (Å²) in [5.41, 5.74) is 17.4. The molecule has 256 valence electrons. The molecule has 0 bridgehead atoms. The van der Waals surface area contributed by atoms with Crippen LogP contribution in [0.2, 0.25) is 0 Å². The SMILES string of the molecule is NCCCCC(NC(=O)C(Cc1ccc(O)cc1)NC(=O)C(Cc1ccc(O)cc1)NC(=O)C(CCC(=O)O)NC(=O)CN)C(N)=O. The van der Waals surface area contributed by atoms with Gasteiger partial charge in [0.2, 0.25) is 29.5 Å². The van der Waals surface area contributed by atoms with Crippen molar-refractivity contribution in [2.75, 3.05) is 13.1 Å². The third-order valence-corrected chi connectivity index (χ3v) is 7.11. The molecule has 0 radical (unpaired) electrons. The largest absolute Gasteiger partial charge is 0.508 e. The maximum atomic E-state index is 13.8. The number of hydrogen-bond donors (Lipinski definition) is 10. The second-order valence-electron chi connectivity index (χ2n) is 10.9. The summed E-state index contributed by atoms with van der Waals surface area (Å²) >= 11 is 0. The summed E-state index contributed by atoms with van der Waals surface area (Å²) < 4.78 is 0. The Morgan fingerprint density at radius 3 is 1.47 bits per heavy atom. The van der Waals surface area contributed by atoms with Crippen LogP contribution in [0.15, 0.2) is 48.5 Å². The zero-order valence-corrected chi connectivity index (χ0v) is 25.8. The minimum absolute atomic E-state index is 0.0247. The van der Waals surface area contributed by atoms with Crippen molar-refractivity contribution in [1.29, 1.82) is 0 Å². The van der Waals surface area contributed by atoms with Crippen LogP contribution in [0.5, 0.6) is 11.5 Å². The Morgan fingerprint density at radius 1 is 0.617 bits per heavy atom. The van der Waals surface area contributed by atoms with Gasteiger partial charge in [-0.05, 0) is 67.6 Å². The summed E-state index contributed by atoms with van der Waals surface area (Å²) in [6.45, 7) is -0.0962. The van der Waals surface area contributed by atoms with Gasteiger partial charge >= 0.3 is 5.97 Å². The number of nitrogens with two attached hydrogens (primary N) is 3. The van der Waals surface area contributed by atoms with Crippen molar-refractivity contribution in [2.45, 2.75) is 69.1 Å². The highest BCUT2D eigenvalue weighted by molar-refractivity contribution is 5.95. The van der Waals surface area contributed by atoms with Crippen LogP contribution in [0.1, 0.15) is 43.2 Å². The van der Waals surface area contributed by atoms with Crippen molar-refractivity contribution < 1.29 is 44.1 Å². The zero-order valence-electron chi connectivity index (χ0n) is 25.8. The van der Waals surface area contributed by atoms with Gasteiger partial charge in [-0.25, -0.2) is 0 Å². The Bertz CT molecular complexity index is 1370. The number of benzene rings is 2. The first kappa shape index (κ1) is 38.0. The summed E-state index contributed by atoms with van der Waals surface area (Å²) in [5, 5.41) is 38.6. The van der Waals surface area contributed by atoms with Gasteiger partial charge in [0.1, 0.15) is 35.7 Å². The van der Waals surface area contributed by atoms with Crippen molar-refractivity contribution in [3.05, 3.63) is 59.7 Å². The van der Waals surface area contributed by atoms with Gasteiger partial charge in [-0.15, -0.1) is 0 Å². The number of amides is 5. The third kappa shape index (κ3) is 13.8. The molecule has 0 aliphatic heterocycles. The number of carbonyl (C=O) groups is 6. The normalized spacial score (nSPS) is 13.3. The van der Waals surface area contributed by atoms with Crippen LogP contribution in [-0.4, -0.2) is 88.1 Å². The Labute approximate surface area is 271 Å². The van der Waals surface area contributed by atoms with Gasteiger partial charge in [0.15, 0.2) is 0 Å². The standard InChI is InChI=1S/C31H43N7O9/c32-14-2-1-3-22(28(34)44)36-30(46)24(15-18-4-8-20(39)9-5-18)38-31(47)25(16-19-6-10-21(40)11-7-19)37-29(45)23(12-13-27(42)43)35-26(41)17-33/h4-11,22-25,39-40H,1-3,12-17,32-33H2,(H2,34,44)(H,35,41)(H,36,46)(H,37,45)(H,38,47)(H,42,43). The van der Waals surface area contributed by atoms with Crippen LogP contribution in [0.4, 0.5) is 0 Å². The lowest BCUT2D eigenvalue weighted by Crippen LogP contribution is -2.59. The number of aliphatic carboxylic acids is 1. The number of carboxylic acid groups (broad SMARTS) is 1. The maximum Gasteiger partial charge on any atom is 0.303 e. The number of primary amides is 1. The van der Waals surface area contributed by atoms with Crippen molar-refractivity contribution >= 4 is 35.5 Å². The fraction of sp³-hybridized carbons (Fsp3) is 0.419. The number of rotatable bonds is 20. The van der Waals surface area contributed by atoms with E-state index in [1.54, 1.807) is 0 Å². The van der Waals surface area contributed by atoms with Crippen LogP contribution in [0.3, 0.4) is 0 Å². The molecule has 2 rings (SSSR count). The number of carboxylic acids is 1. The summed E-state index contributed by atoms with van der Waals surface area (Å²) in [5.74, 6) is -5.24. The van der Waals surface area contributed by atoms with Crippen LogP contribution in [0.25, 0.3) is 0 Å². The van der Waals surface area contributed by atoms with E-state index in [1.807, 2.05) is 0 Å².